The third-order valence-corrected chi connectivity index (χ3v) is 3.83. The van der Waals surface area contributed by atoms with Gasteiger partial charge in [0.25, 0.3) is 5.91 Å². The molecule has 2 aromatic rings. The van der Waals surface area contributed by atoms with Crippen LogP contribution in [0.4, 0.5) is 0 Å². The lowest BCUT2D eigenvalue weighted by molar-refractivity contribution is -0.142. The lowest BCUT2D eigenvalue weighted by Gasteiger charge is -2.19. The molecule has 4 N–H and O–H groups in total. The zero-order chi connectivity index (χ0) is 14.3. The van der Waals surface area contributed by atoms with Crippen LogP contribution in [0, 0.1) is 0 Å². The number of nitrogens with two attached hydrogens (primary N) is 1. The summed E-state index contributed by atoms with van der Waals surface area (Å²) in [5.41, 5.74) is 5.90. The van der Waals surface area contributed by atoms with Crippen LogP contribution in [0.5, 0.6) is 0 Å². The first-order valence-corrected chi connectivity index (χ1v) is 6.39. The number of aromatic amines is 1. The normalized spacial score (nSPS) is 22.4. The maximum Gasteiger partial charge on any atom is 0.325 e. The zero-order valence-corrected chi connectivity index (χ0v) is 10.8. The number of likely N-dealkylation sites (tertiary alicyclic amines) is 1. The quantitative estimate of drug-likeness (QED) is 0.753. The third-order valence-electron chi connectivity index (χ3n) is 3.83. The van der Waals surface area contributed by atoms with Gasteiger partial charge in [-0.1, -0.05) is 18.2 Å². The van der Waals surface area contributed by atoms with Crippen molar-refractivity contribution in [2.75, 3.05) is 13.1 Å². The number of carbonyl (C=O) groups is 2. The van der Waals surface area contributed by atoms with Gasteiger partial charge in [0.15, 0.2) is 0 Å². The molecule has 1 saturated heterocycles. The van der Waals surface area contributed by atoms with Crippen LogP contribution < -0.4 is 5.73 Å². The van der Waals surface area contributed by atoms with Gasteiger partial charge in [0.2, 0.25) is 0 Å². The molecule has 3 rings (SSSR count). The molecule has 0 bridgehead atoms. The van der Waals surface area contributed by atoms with Crippen molar-refractivity contribution >= 4 is 22.8 Å². The molecular weight excluding hydrogens is 258 g/mol. The van der Waals surface area contributed by atoms with Gasteiger partial charge in [-0.3, -0.25) is 9.59 Å². The number of carboxylic acids is 1. The van der Waals surface area contributed by atoms with Crippen molar-refractivity contribution in [1.82, 2.24) is 9.88 Å². The number of amides is 1. The molecule has 2 heterocycles. The molecule has 1 fully saturated rings. The predicted octanol–water partition coefficient (Wildman–Crippen LogP) is 0.796. The van der Waals surface area contributed by atoms with Gasteiger partial charge < -0.3 is 20.7 Å². The van der Waals surface area contributed by atoms with Crippen molar-refractivity contribution < 1.29 is 14.7 Å². The first-order valence-electron chi connectivity index (χ1n) is 6.39. The summed E-state index contributed by atoms with van der Waals surface area (Å²) in [6.07, 6.45) is 1.93. The summed E-state index contributed by atoms with van der Waals surface area (Å²) in [4.78, 5) is 28.2. The predicted molar refractivity (Wildman–Crippen MR) is 73.4 cm³/mol. The van der Waals surface area contributed by atoms with Crippen LogP contribution in [0.25, 0.3) is 10.9 Å². The van der Waals surface area contributed by atoms with E-state index in [4.69, 9.17) is 10.8 Å². The van der Waals surface area contributed by atoms with E-state index in [0.717, 1.165) is 10.9 Å². The number of benzene rings is 1. The fourth-order valence-electron chi connectivity index (χ4n) is 2.60. The highest BCUT2D eigenvalue weighted by Crippen LogP contribution is 2.24. The van der Waals surface area contributed by atoms with E-state index in [1.165, 1.54) is 4.90 Å². The standard InChI is InChI=1S/C14H15N3O3/c15-14(13(19)20)5-6-17(8-14)12(18)10-7-16-11-4-2-1-3-9(10)11/h1-4,7,16H,5-6,8,15H2,(H,19,20). The Morgan fingerprint density at radius 3 is 2.80 bits per heavy atom. The van der Waals surface area contributed by atoms with Crippen LogP contribution >= 0.6 is 0 Å². The number of carboxylic acid groups (broad SMARTS) is 1. The molecule has 1 aromatic heterocycles. The van der Waals surface area contributed by atoms with E-state index >= 15 is 0 Å². The Morgan fingerprint density at radius 2 is 2.10 bits per heavy atom. The SMILES string of the molecule is NC1(C(=O)O)CCN(C(=O)c2c[nH]c3ccccc23)C1. The number of rotatable bonds is 2. The zero-order valence-electron chi connectivity index (χ0n) is 10.8. The minimum absolute atomic E-state index is 0.0423. The van der Waals surface area contributed by atoms with E-state index in [1.807, 2.05) is 24.3 Å². The Labute approximate surface area is 115 Å². The highest BCUT2D eigenvalue weighted by molar-refractivity contribution is 6.07. The summed E-state index contributed by atoms with van der Waals surface area (Å²) in [6.45, 7) is 0.405. The van der Waals surface area contributed by atoms with Crippen LogP contribution in [0.15, 0.2) is 30.5 Å². The summed E-state index contributed by atoms with van der Waals surface area (Å²) >= 11 is 0. The van der Waals surface area contributed by atoms with Crippen molar-refractivity contribution in [3.05, 3.63) is 36.0 Å². The van der Waals surface area contributed by atoms with E-state index < -0.39 is 11.5 Å². The van der Waals surface area contributed by atoms with E-state index in [1.54, 1.807) is 6.20 Å². The van der Waals surface area contributed by atoms with E-state index in [2.05, 4.69) is 4.98 Å². The van der Waals surface area contributed by atoms with Crippen LogP contribution in [-0.2, 0) is 4.79 Å². The van der Waals surface area contributed by atoms with Crippen molar-refractivity contribution in [3.63, 3.8) is 0 Å². The van der Waals surface area contributed by atoms with Crippen molar-refractivity contribution in [1.29, 1.82) is 0 Å². The van der Waals surface area contributed by atoms with Crippen LogP contribution in [0.2, 0.25) is 0 Å². The van der Waals surface area contributed by atoms with E-state index in [9.17, 15) is 9.59 Å². The number of carbonyl (C=O) groups excluding carboxylic acids is 1. The number of aliphatic carboxylic acids is 1. The number of nitrogens with zero attached hydrogens (tertiary/aromatic N) is 1. The summed E-state index contributed by atoms with van der Waals surface area (Å²) in [6, 6.07) is 7.50. The molecule has 6 heteroatoms. The molecule has 1 aromatic carbocycles. The molecule has 1 aliphatic rings. The van der Waals surface area contributed by atoms with E-state index in [-0.39, 0.29) is 18.9 Å². The number of H-pyrrole nitrogens is 1. The van der Waals surface area contributed by atoms with Gasteiger partial charge >= 0.3 is 5.97 Å². The number of aromatic nitrogens is 1. The average molecular weight is 273 g/mol. The minimum Gasteiger partial charge on any atom is -0.480 e. The number of nitrogens with one attached hydrogen (secondary N) is 1. The molecule has 6 nitrogen and oxygen atoms in total. The smallest absolute Gasteiger partial charge is 0.325 e. The molecule has 1 unspecified atom stereocenters. The molecule has 104 valence electrons. The number of fused-ring (bicyclic) bond motifs is 1. The third kappa shape index (κ3) is 1.85. The molecule has 0 saturated carbocycles. The maximum atomic E-state index is 12.5. The Morgan fingerprint density at radius 1 is 1.35 bits per heavy atom. The Balaban J connectivity index is 1.89. The Bertz CT molecular complexity index is 694. The van der Waals surface area contributed by atoms with Crippen molar-refractivity contribution in [3.8, 4) is 0 Å². The number of hydrogen-bond acceptors (Lipinski definition) is 3. The van der Waals surface area contributed by atoms with Crippen molar-refractivity contribution in [2.24, 2.45) is 5.73 Å². The van der Waals surface area contributed by atoms with Gasteiger partial charge in [0, 0.05) is 30.2 Å². The fourth-order valence-corrected chi connectivity index (χ4v) is 2.60. The second-order valence-electron chi connectivity index (χ2n) is 5.19. The molecular formula is C14H15N3O3. The van der Waals surface area contributed by atoms with E-state index in [0.29, 0.717) is 12.1 Å². The molecule has 0 spiro atoms. The van der Waals surface area contributed by atoms with Gasteiger partial charge in [0.1, 0.15) is 5.54 Å². The second-order valence-corrected chi connectivity index (χ2v) is 5.19. The molecule has 0 radical (unpaired) electrons. The van der Waals surface area contributed by atoms with Gasteiger partial charge in [0.05, 0.1) is 5.56 Å². The highest BCUT2D eigenvalue weighted by Gasteiger charge is 2.43. The molecule has 0 aliphatic carbocycles. The van der Waals surface area contributed by atoms with Crippen LogP contribution in [0.3, 0.4) is 0 Å². The highest BCUT2D eigenvalue weighted by atomic mass is 16.4. The topological polar surface area (TPSA) is 99.4 Å². The minimum atomic E-state index is -1.33. The first-order chi connectivity index (χ1) is 9.51. The molecule has 20 heavy (non-hydrogen) atoms. The molecule has 1 atom stereocenters. The summed E-state index contributed by atoms with van der Waals surface area (Å²) in [5, 5.41) is 9.94. The summed E-state index contributed by atoms with van der Waals surface area (Å²) < 4.78 is 0. The molecule has 1 amide bonds. The van der Waals surface area contributed by atoms with Gasteiger partial charge in [-0.25, -0.2) is 0 Å². The fraction of sp³-hybridized carbons (Fsp3) is 0.286. The number of para-hydroxylation sites is 1. The largest absolute Gasteiger partial charge is 0.480 e. The molecule has 1 aliphatic heterocycles. The first kappa shape index (κ1) is 12.7. The van der Waals surface area contributed by atoms with Gasteiger partial charge in [-0.05, 0) is 12.5 Å². The summed E-state index contributed by atoms with van der Waals surface area (Å²) in [5.74, 6) is -1.25. The Hall–Kier alpha value is -2.34. The number of hydrogen-bond donors (Lipinski definition) is 3. The maximum absolute atomic E-state index is 12.5. The van der Waals surface area contributed by atoms with Crippen molar-refractivity contribution in [2.45, 2.75) is 12.0 Å². The summed E-state index contributed by atoms with van der Waals surface area (Å²) in [7, 11) is 0. The second kappa shape index (κ2) is 4.35. The van der Waals surface area contributed by atoms with Gasteiger partial charge in [-0.2, -0.15) is 0 Å². The monoisotopic (exact) mass is 273 g/mol. The van der Waals surface area contributed by atoms with Crippen LogP contribution in [-0.4, -0.2) is 45.5 Å². The average Bonchev–Trinajstić information content (AvgIpc) is 3.03. The lowest BCUT2D eigenvalue weighted by Crippen LogP contribution is -2.50. The lowest BCUT2D eigenvalue weighted by atomic mass is 10.0. The Kier molecular flexibility index (Phi) is 2.76. The van der Waals surface area contributed by atoms with Crippen LogP contribution in [0.1, 0.15) is 16.8 Å². The van der Waals surface area contributed by atoms with Gasteiger partial charge in [-0.15, -0.1) is 0 Å².